The highest BCUT2D eigenvalue weighted by Gasteiger charge is 2.24. The lowest BCUT2D eigenvalue weighted by Crippen LogP contribution is -2.26. The van der Waals surface area contributed by atoms with Crippen LogP contribution in [0.5, 0.6) is 11.5 Å². The first-order valence-electron chi connectivity index (χ1n) is 13.9. The highest BCUT2D eigenvalue weighted by Crippen LogP contribution is 2.40. The molecule has 4 rings (SSSR count). The van der Waals surface area contributed by atoms with E-state index in [4.69, 9.17) is 9.47 Å². The third kappa shape index (κ3) is 7.55. The molecule has 0 amide bonds. The van der Waals surface area contributed by atoms with Gasteiger partial charge in [0.25, 0.3) is 0 Å². The summed E-state index contributed by atoms with van der Waals surface area (Å²) in [5, 5.41) is 0. The van der Waals surface area contributed by atoms with Crippen LogP contribution >= 0.6 is 0 Å². The Kier molecular flexibility index (Phi) is 10.7. The highest BCUT2D eigenvalue weighted by atomic mass is 19.3. The monoisotopic (exact) mass is 541 g/mol. The van der Waals surface area contributed by atoms with Gasteiger partial charge in [-0.3, -0.25) is 14.2 Å². The van der Waals surface area contributed by atoms with Gasteiger partial charge >= 0.3 is 0 Å². The molecule has 1 aliphatic carbocycles. The van der Waals surface area contributed by atoms with Crippen molar-refractivity contribution < 1.29 is 27.7 Å². The smallest absolute Gasteiger partial charge is 0.172 e. The van der Waals surface area contributed by atoms with Gasteiger partial charge in [-0.15, -0.1) is 0 Å². The molecule has 39 heavy (non-hydrogen) atoms. The maximum Gasteiger partial charge on any atom is 0.172 e. The number of hydrogen-bond acceptors (Lipinski definition) is 4. The van der Waals surface area contributed by atoms with Gasteiger partial charge in [0.05, 0.1) is 13.3 Å². The van der Waals surface area contributed by atoms with E-state index in [9.17, 15) is 13.3 Å². The first-order valence-corrected chi connectivity index (χ1v) is 13.9. The Morgan fingerprint density at radius 3 is 2.62 bits per heavy atom. The zero-order valence-electron chi connectivity index (χ0n) is 22.9. The predicted molar refractivity (Wildman–Crippen MR) is 149 cm³/mol. The molecule has 1 heterocycles. The third-order valence-corrected chi connectivity index (χ3v) is 7.31. The minimum Gasteiger partial charge on any atom is -0.489 e. The minimum atomic E-state index is -0.330. The van der Waals surface area contributed by atoms with E-state index in [1.807, 2.05) is 50.3 Å². The molecule has 4 nitrogen and oxygen atoms in total. The highest BCUT2D eigenvalue weighted by molar-refractivity contribution is 5.87. The molecule has 1 saturated heterocycles. The SMILES string of the molecule is C/C=C(\C=C(\F)COCC)C1=C(c2ccc(O[C@H]3CCN(CCCF)C3)cc2)c2ccc(OF)cc2CCC1. The lowest BCUT2D eigenvalue weighted by Gasteiger charge is -2.19. The fourth-order valence-electron chi connectivity index (χ4n) is 5.46. The van der Waals surface area contributed by atoms with Gasteiger partial charge in [0.2, 0.25) is 0 Å². The van der Waals surface area contributed by atoms with Crippen LogP contribution in [0, 0.1) is 0 Å². The van der Waals surface area contributed by atoms with Crippen LogP contribution in [0.3, 0.4) is 0 Å². The summed E-state index contributed by atoms with van der Waals surface area (Å²) in [6, 6.07) is 13.2. The summed E-state index contributed by atoms with van der Waals surface area (Å²) in [5.74, 6) is 0.622. The number of fused-ring (bicyclic) bond motifs is 1. The van der Waals surface area contributed by atoms with Gasteiger partial charge in [0.1, 0.15) is 17.7 Å². The van der Waals surface area contributed by atoms with E-state index >= 15 is 0 Å². The molecule has 1 fully saturated rings. The molecule has 210 valence electrons. The lowest BCUT2D eigenvalue weighted by atomic mass is 9.87. The Labute approximate surface area is 229 Å². The van der Waals surface area contributed by atoms with Crippen molar-refractivity contribution in [1.82, 2.24) is 4.90 Å². The number of halogens is 3. The Bertz CT molecular complexity index is 1190. The molecular weight excluding hydrogens is 503 g/mol. The molecule has 2 aliphatic rings. The first-order chi connectivity index (χ1) is 19.1. The number of ether oxygens (including phenoxy) is 2. The summed E-state index contributed by atoms with van der Waals surface area (Å²) in [4.78, 5) is 6.26. The topological polar surface area (TPSA) is 30.9 Å². The number of aryl methyl sites for hydroxylation is 1. The maximum atomic E-state index is 14.7. The van der Waals surface area contributed by atoms with E-state index in [2.05, 4.69) is 9.84 Å². The number of rotatable bonds is 12. The molecule has 0 spiro atoms. The van der Waals surface area contributed by atoms with E-state index in [-0.39, 0.29) is 31.0 Å². The molecule has 0 N–H and O–H groups in total. The molecule has 0 bridgehead atoms. The van der Waals surface area contributed by atoms with Crippen molar-refractivity contribution in [1.29, 1.82) is 0 Å². The summed E-state index contributed by atoms with van der Waals surface area (Å²) in [5.41, 5.74) is 5.78. The van der Waals surface area contributed by atoms with E-state index in [1.165, 1.54) is 0 Å². The summed E-state index contributed by atoms with van der Waals surface area (Å²) < 4.78 is 51.8. The standard InChI is InChI=1S/C32H38F3NO3/c1-3-23(19-26(34)22-37-4-2)30-8-5-7-25-20-28(39-35)13-14-31(25)32(30)24-9-11-27(12-10-24)38-29-15-18-36(21-29)17-6-16-33/h3,9-14,19-20,29H,4-8,15-18,21-22H2,1-2H3/b23-3+,26-19+/t29-/m0/s1. The summed E-state index contributed by atoms with van der Waals surface area (Å²) in [6.45, 7) is 6.30. The average molecular weight is 542 g/mol. The lowest BCUT2D eigenvalue weighted by molar-refractivity contribution is -0.00629. The second kappa shape index (κ2) is 14.4. The van der Waals surface area contributed by atoms with Crippen molar-refractivity contribution in [2.75, 3.05) is 39.5 Å². The summed E-state index contributed by atoms with van der Waals surface area (Å²) in [6.07, 6.45) is 7.36. The van der Waals surface area contributed by atoms with Gasteiger partial charge in [-0.1, -0.05) is 24.3 Å². The number of alkyl halides is 1. The second-order valence-electron chi connectivity index (χ2n) is 9.97. The van der Waals surface area contributed by atoms with Crippen molar-refractivity contribution in [2.24, 2.45) is 0 Å². The zero-order valence-corrected chi connectivity index (χ0v) is 22.9. The second-order valence-corrected chi connectivity index (χ2v) is 9.97. The molecule has 2 aromatic rings. The molecule has 0 aromatic heterocycles. The normalized spacial score (nSPS) is 18.7. The van der Waals surface area contributed by atoms with Crippen LogP contribution in [0.25, 0.3) is 5.57 Å². The Morgan fingerprint density at radius 1 is 1.10 bits per heavy atom. The van der Waals surface area contributed by atoms with Crippen molar-refractivity contribution in [3.8, 4) is 11.5 Å². The third-order valence-electron chi connectivity index (χ3n) is 7.31. The molecule has 0 saturated carbocycles. The number of allylic oxidation sites excluding steroid dienone is 4. The van der Waals surface area contributed by atoms with Crippen molar-refractivity contribution in [2.45, 2.75) is 52.1 Å². The largest absolute Gasteiger partial charge is 0.489 e. The van der Waals surface area contributed by atoms with Crippen LogP contribution in [-0.4, -0.2) is 50.5 Å². The first kappa shape index (κ1) is 29.0. The molecule has 1 aliphatic heterocycles. The Balaban J connectivity index is 1.67. The quantitative estimate of drug-likeness (QED) is 0.257. The number of hydrogen-bond donors (Lipinski definition) is 0. The molecule has 1 atom stereocenters. The fraction of sp³-hybridized carbons (Fsp3) is 0.438. The van der Waals surface area contributed by atoms with Crippen LogP contribution in [0.2, 0.25) is 0 Å². The van der Waals surface area contributed by atoms with Crippen molar-refractivity contribution in [3.63, 3.8) is 0 Å². The van der Waals surface area contributed by atoms with Gasteiger partial charge in [0, 0.05) is 30.8 Å². The molecule has 0 radical (unpaired) electrons. The zero-order chi connectivity index (χ0) is 27.6. The Hall–Kier alpha value is -3.03. The number of nitrogens with zero attached hydrogens (tertiary/aromatic N) is 1. The van der Waals surface area contributed by atoms with Crippen LogP contribution in [0.15, 0.2) is 71.6 Å². The van der Waals surface area contributed by atoms with Gasteiger partial charge in [-0.2, -0.15) is 0 Å². The molecular formula is C32H38F3NO3. The predicted octanol–water partition coefficient (Wildman–Crippen LogP) is 7.74. The summed E-state index contributed by atoms with van der Waals surface area (Å²) >= 11 is 0. The maximum absolute atomic E-state index is 14.7. The van der Waals surface area contributed by atoms with Crippen LogP contribution in [0.4, 0.5) is 13.3 Å². The number of benzene rings is 2. The molecule has 7 heteroatoms. The van der Waals surface area contributed by atoms with E-state index < -0.39 is 0 Å². The van der Waals surface area contributed by atoms with Gasteiger partial charge in [-0.05, 0) is 110 Å². The van der Waals surface area contributed by atoms with E-state index in [1.54, 1.807) is 18.2 Å². The van der Waals surface area contributed by atoms with E-state index in [0.717, 1.165) is 84.5 Å². The van der Waals surface area contributed by atoms with Crippen molar-refractivity contribution >= 4 is 5.57 Å². The van der Waals surface area contributed by atoms with Crippen molar-refractivity contribution in [3.05, 3.63) is 88.3 Å². The van der Waals surface area contributed by atoms with Crippen LogP contribution < -0.4 is 9.68 Å². The molecule has 2 aromatic carbocycles. The van der Waals surface area contributed by atoms with Crippen LogP contribution in [-0.2, 0) is 11.2 Å². The van der Waals surface area contributed by atoms with E-state index in [0.29, 0.717) is 13.0 Å². The van der Waals surface area contributed by atoms with Gasteiger partial charge < -0.3 is 9.47 Å². The Morgan fingerprint density at radius 2 is 1.90 bits per heavy atom. The summed E-state index contributed by atoms with van der Waals surface area (Å²) in [7, 11) is 0. The van der Waals surface area contributed by atoms with Crippen LogP contribution in [0.1, 0.15) is 56.2 Å². The minimum absolute atomic E-state index is 0.0668. The van der Waals surface area contributed by atoms with Gasteiger partial charge in [-0.25, -0.2) is 4.39 Å². The molecule has 0 unspecified atom stereocenters. The fourth-order valence-corrected chi connectivity index (χ4v) is 5.46. The van der Waals surface area contributed by atoms with Gasteiger partial charge in [0.15, 0.2) is 5.75 Å². The average Bonchev–Trinajstić information content (AvgIpc) is 3.32. The number of likely N-dealkylation sites (tertiary alicyclic amines) is 1.